The van der Waals surface area contributed by atoms with Gasteiger partial charge in [0.15, 0.2) is 6.29 Å². The molecule has 0 aliphatic carbocycles. The molecular formula is C6H14O5. The fraction of sp³-hybridized carbons (Fsp3) is 1.00. The summed E-state index contributed by atoms with van der Waals surface area (Å²) in [6, 6.07) is 0. The fourth-order valence-corrected chi connectivity index (χ4v) is 0.436. The lowest BCUT2D eigenvalue weighted by atomic mass is 10.7. The summed E-state index contributed by atoms with van der Waals surface area (Å²) in [4.78, 5) is 0. The van der Waals surface area contributed by atoms with Crippen LogP contribution < -0.4 is 0 Å². The second-order valence-electron chi connectivity index (χ2n) is 1.88. The minimum absolute atomic E-state index is 0.180. The quantitative estimate of drug-likeness (QED) is 0.402. The van der Waals surface area contributed by atoms with Crippen molar-refractivity contribution in [2.45, 2.75) is 19.7 Å². The summed E-state index contributed by atoms with van der Waals surface area (Å²) < 4.78 is 13.7. The molecule has 0 saturated carbocycles. The third kappa shape index (κ3) is 7.70. The Morgan fingerprint density at radius 3 is 2.18 bits per heavy atom. The summed E-state index contributed by atoms with van der Waals surface area (Å²) in [6.07, 6.45) is -0.807. The molecule has 0 saturated heterocycles. The van der Waals surface area contributed by atoms with Crippen molar-refractivity contribution in [2.75, 3.05) is 20.3 Å². The van der Waals surface area contributed by atoms with Gasteiger partial charge in [-0.2, -0.15) is 0 Å². The summed E-state index contributed by atoms with van der Waals surface area (Å²) in [5, 5.41) is 17.3. The van der Waals surface area contributed by atoms with Gasteiger partial charge in [0.25, 0.3) is 6.48 Å². The molecule has 0 amide bonds. The van der Waals surface area contributed by atoms with Crippen LogP contribution in [0, 0.1) is 0 Å². The number of hydrogen-bond donors (Lipinski definition) is 2. The molecular weight excluding hydrogens is 152 g/mol. The van der Waals surface area contributed by atoms with Gasteiger partial charge in [0.1, 0.15) is 0 Å². The SMILES string of the molecule is COC(O)OCCOC(C)O. The molecule has 5 heteroatoms. The topological polar surface area (TPSA) is 68.2 Å². The van der Waals surface area contributed by atoms with Crippen LogP contribution in [0.15, 0.2) is 0 Å². The monoisotopic (exact) mass is 166 g/mol. The number of rotatable bonds is 6. The zero-order valence-corrected chi connectivity index (χ0v) is 6.69. The standard InChI is InChI=1S/C6H14O5/c1-5(7)10-3-4-11-6(8)9-2/h5-8H,3-4H2,1-2H3. The van der Waals surface area contributed by atoms with E-state index in [0.29, 0.717) is 0 Å². The molecule has 0 aromatic carbocycles. The van der Waals surface area contributed by atoms with Crippen molar-refractivity contribution < 1.29 is 24.4 Å². The first kappa shape index (κ1) is 10.8. The first-order valence-electron chi connectivity index (χ1n) is 3.29. The van der Waals surface area contributed by atoms with Gasteiger partial charge in [0, 0.05) is 7.11 Å². The Balaban J connectivity index is 3.01. The highest BCUT2D eigenvalue weighted by Gasteiger charge is 2.00. The molecule has 5 nitrogen and oxygen atoms in total. The van der Waals surface area contributed by atoms with E-state index < -0.39 is 12.8 Å². The van der Waals surface area contributed by atoms with Gasteiger partial charge in [0.2, 0.25) is 0 Å². The predicted octanol–water partition coefficient (Wildman–Crippen LogP) is -0.720. The van der Waals surface area contributed by atoms with E-state index in [0.717, 1.165) is 0 Å². The maximum atomic E-state index is 8.66. The van der Waals surface area contributed by atoms with E-state index >= 15 is 0 Å². The normalized spacial score (nSPS) is 16.4. The number of aliphatic hydroxyl groups excluding tert-OH is 2. The predicted molar refractivity (Wildman–Crippen MR) is 36.6 cm³/mol. The molecule has 0 aromatic rings. The van der Waals surface area contributed by atoms with Crippen molar-refractivity contribution in [1.82, 2.24) is 0 Å². The van der Waals surface area contributed by atoms with Crippen LogP contribution in [0.3, 0.4) is 0 Å². The highest BCUT2D eigenvalue weighted by atomic mass is 16.8. The molecule has 0 spiro atoms. The van der Waals surface area contributed by atoms with Gasteiger partial charge in [-0.15, -0.1) is 0 Å². The molecule has 0 aliphatic rings. The van der Waals surface area contributed by atoms with Crippen LogP contribution in [-0.4, -0.2) is 43.3 Å². The molecule has 0 bridgehead atoms. The lowest BCUT2D eigenvalue weighted by Crippen LogP contribution is -2.19. The first-order valence-corrected chi connectivity index (χ1v) is 3.29. The number of hydrogen-bond acceptors (Lipinski definition) is 5. The van der Waals surface area contributed by atoms with E-state index in [2.05, 4.69) is 9.47 Å². The van der Waals surface area contributed by atoms with E-state index in [1.807, 2.05) is 0 Å². The highest BCUT2D eigenvalue weighted by Crippen LogP contribution is 1.88. The maximum absolute atomic E-state index is 8.66. The number of methoxy groups -OCH3 is 1. The van der Waals surface area contributed by atoms with Crippen LogP contribution >= 0.6 is 0 Å². The second kappa shape index (κ2) is 6.51. The average Bonchev–Trinajstić information content (AvgIpc) is 1.97. The molecule has 0 fully saturated rings. The Labute approximate surface area is 65.5 Å². The van der Waals surface area contributed by atoms with Crippen LogP contribution in [0.5, 0.6) is 0 Å². The molecule has 0 radical (unpaired) electrons. The van der Waals surface area contributed by atoms with Crippen molar-refractivity contribution in [3.8, 4) is 0 Å². The minimum Gasteiger partial charge on any atom is -0.368 e. The molecule has 0 aromatic heterocycles. The molecule has 2 atom stereocenters. The van der Waals surface area contributed by atoms with E-state index in [1.165, 1.54) is 14.0 Å². The van der Waals surface area contributed by atoms with Crippen molar-refractivity contribution in [1.29, 1.82) is 0 Å². The molecule has 0 aliphatic heterocycles. The largest absolute Gasteiger partial charge is 0.368 e. The van der Waals surface area contributed by atoms with Gasteiger partial charge < -0.3 is 24.4 Å². The summed E-state index contributed by atoms with van der Waals surface area (Å²) in [5.41, 5.74) is 0. The molecule has 68 valence electrons. The van der Waals surface area contributed by atoms with Crippen molar-refractivity contribution in [3.63, 3.8) is 0 Å². The lowest BCUT2D eigenvalue weighted by molar-refractivity contribution is -0.257. The number of aliphatic hydroxyl groups is 2. The highest BCUT2D eigenvalue weighted by molar-refractivity contribution is 4.29. The van der Waals surface area contributed by atoms with Crippen LogP contribution in [0.4, 0.5) is 0 Å². The van der Waals surface area contributed by atoms with E-state index in [-0.39, 0.29) is 13.2 Å². The van der Waals surface area contributed by atoms with Gasteiger partial charge in [-0.25, -0.2) is 0 Å². The summed E-state index contributed by atoms with van der Waals surface area (Å²) in [6.45, 7) is 0.678. The van der Waals surface area contributed by atoms with E-state index in [4.69, 9.17) is 14.9 Å². The van der Waals surface area contributed by atoms with Crippen LogP contribution in [0.2, 0.25) is 0 Å². The van der Waals surface area contributed by atoms with Crippen molar-refractivity contribution >= 4 is 0 Å². The van der Waals surface area contributed by atoms with Gasteiger partial charge >= 0.3 is 0 Å². The minimum atomic E-state index is -1.22. The molecule has 2 unspecified atom stereocenters. The Morgan fingerprint density at radius 2 is 1.73 bits per heavy atom. The van der Waals surface area contributed by atoms with Gasteiger partial charge in [0.05, 0.1) is 13.2 Å². The Morgan fingerprint density at radius 1 is 1.18 bits per heavy atom. The van der Waals surface area contributed by atoms with E-state index in [9.17, 15) is 0 Å². The molecule has 0 heterocycles. The summed E-state index contributed by atoms with van der Waals surface area (Å²) in [7, 11) is 1.32. The Bertz CT molecular complexity index is 85.0. The van der Waals surface area contributed by atoms with Crippen LogP contribution in [0.25, 0.3) is 0 Å². The molecule has 0 rings (SSSR count). The van der Waals surface area contributed by atoms with Gasteiger partial charge in [-0.1, -0.05) is 0 Å². The lowest BCUT2D eigenvalue weighted by Gasteiger charge is -2.10. The van der Waals surface area contributed by atoms with Gasteiger partial charge in [-0.05, 0) is 6.92 Å². The zero-order valence-electron chi connectivity index (χ0n) is 6.69. The first-order chi connectivity index (χ1) is 5.16. The second-order valence-corrected chi connectivity index (χ2v) is 1.88. The average molecular weight is 166 g/mol. The Kier molecular flexibility index (Phi) is 6.39. The maximum Gasteiger partial charge on any atom is 0.268 e. The zero-order chi connectivity index (χ0) is 8.69. The fourth-order valence-electron chi connectivity index (χ4n) is 0.436. The third-order valence-corrected chi connectivity index (χ3v) is 0.904. The Hall–Kier alpha value is -0.200. The summed E-state index contributed by atoms with van der Waals surface area (Å²) in [5.74, 6) is 0. The number of ether oxygens (including phenoxy) is 3. The third-order valence-electron chi connectivity index (χ3n) is 0.904. The molecule has 11 heavy (non-hydrogen) atoms. The van der Waals surface area contributed by atoms with Gasteiger partial charge in [-0.3, -0.25) is 0 Å². The van der Waals surface area contributed by atoms with E-state index in [1.54, 1.807) is 0 Å². The summed E-state index contributed by atoms with van der Waals surface area (Å²) >= 11 is 0. The smallest absolute Gasteiger partial charge is 0.268 e. The van der Waals surface area contributed by atoms with Crippen molar-refractivity contribution in [2.24, 2.45) is 0 Å². The molecule has 2 N–H and O–H groups in total. The van der Waals surface area contributed by atoms with Crippen LogP contribution in [0.1, 0.15) is 6.92 Å². The van der Waals surface area contributed by atoms with Crippen molar-refractivity contribution in [3.05, 3.63) is 0 Å². The van der Waals surface area contributed by atoms with Crippen LogP contribution in [-0.2, 0) is 14.2 Å².